The van der Waals surface area contributed by atoms with Crippen molar-refractivity contribution in [3.63, 3.8) is 0 Å². The summed E-state index contributed by atoms with van der Waals surface area (Å²) < 4.78 is 2.32. The van der Waals surface area contributed by atoms with Gasteiger partial charge in [-0.25, -0.2) is 4.98 Å². The first kappa shape index (κ1) is 26.4. The minimum absolute atomic E-state index is 0.0683. The van der Waals surface area contributed by atoms with Gasteiger partial charge < -0.3 is 19.9 Å². The molecule has 1 aliphatic carbocycles. The molecule has 1 amide bonds. The summed E-state index contributed by atoms with van der Waals surface area (Å²) in [7, 11) is 0. The minimum atomic E-state index is -0.217. The zero-order valence-electron chi connectivity index (χ0n) is 23.5. The molecule has 2 N–H and O–H groups in total. The first-order chi connectivity index (χ1) is 19.4. The number of anilines is 1. The van der Waals surface area contributed by atoms with E-state index in [4.69, 9.17) is 9.97 Å². The molecule has 1 saturated carbocycles. The number of aliphatic hydroxyl groups excluding tert-OH is 1. The number of carbonyl (C=O) groups is 1. The Morgan fingerprint density at radius 2 is 1.75 bits per heavy atom. The van der Waals surface area contributed by atoms with Gasteiger partial charge in [0.2, 0.25) is 5.95 Å². The number of hydrogen-bond donors (Lipinski definition) is 2. The van der Waals surface area contributed by atoms with Crippen molar-refractivity contribution in [2.24, 2.45) is 0 Å². The van der Waals surface area contributed by atoms with E-state index in [0.717, 1.165) is 61.1 Å². The van der Waals surface area contributed by atoms with E-state index in [1.54, 1.807) is 0 Å². The van der Waals surface area contributed by atoms with Crippen LogP contribution in [0.15, 0.2) is 54.9 Å². The third-order valence-electron chi connectivity index (χ3n) is 8.55. The van der Waals surface area contributed by atoms with Gasteiger partial charge in [0.15, 0.2) is 0 Å². The first-order valence-electron chi connectivity index (χ1n) is 14.5. The maximum absolute atomic E-state index is 13.4. The van der Waals surface area contributed by atoms with E-state index in [2.05, 4.69) is 40.1 Å². The molecule has 0 bridgehead atoms. The van der Waals surface area contributed by atoms with Crippen LogP contribution in [0.1, 0.15) is 89.9 Å². The van der Waals surface area contributed by atoms with Gasteiger partial charge >= 0.3 is 0 Å². The summed E-state index contributed by atoms with van der Waals surface area (Å²) in [6.45, 7) is 7.37. The van der Waals surface area contributed by atoms with Crippen molar-refractivity contribution in [3.05, 3.63) is 82.9 Å². The molecule has 2 aliphatic rings. The Balaban J connectivity index is 1.30. The van der Waals surface area contributed by atoms with E-state index in [1.807, 2.05) is 55.3 Å². The van der Waals surface area contributed by atoms with Crippen LogP contribution in [0.25, 0.3) is 11.0 Å². The van der Waals surface area contributed by atoms with Gasteiger partial charge in [-0.1, -0.05) is 30.3 Å². The Labute approximate surface area is 235 Å². The highest BCUT2D eigenvalue weighted by molar-refractivity contribution is 5.94. The van der Waals surface area contributed by atoms with Crippen LogP contribution in [0.2, 0.25) is 0 Å². The quantitative estimate of drug-likeness (QED) is 0.326. The molecule has 40 heavy (non-hydrogen) atoms. The van der Waals surface area contributed by atoms with E-state index >= 15 is 0 Å². The molecule has 0 unspecified atom stereocenters. The smallest absolute Gasteiger partial charge is 0.254 e. The lowest BCUT2D eigenvalue weighted by atomic mass is 9.93. The zero-order chi connectivity index (χ0) is 27.8. The van der Waals surface area contributed by atoms with Crippen molar-refractivity contribution >= 4 is 22.9 Å². The van der Waals surface area contributed by atoms with Crippen LogP contribution in [-0.4, -0.2) is 54.6 Å². The second-order valence-corrected chi connectivity index (χ2v) is 11.5. The summed E-state index contributed by atoms with van der Waals surface area (Å²) in [5.41, 5.74) is 5.76. The van der Waals surface area contributed by atoms with Crippen LogP contribution in [0, 0.1) is 13.8 Å². The Morgan fingerprint density at radius 3 is 2.48 bits per heavy atom. The molecule has 0 radical (unpaired) electrons. The van der Waals surface area contributed by atoms with E-state index in [1.165, 1.54) is 11.1 Å². The molecule has 8 nitrogen and oxygen atoms in total. The average Bonchev–Trinajstić information content (AvgIpc) is 3.58. The van der Waals surface area contributed by atoms with E-state index in [0.29, 0.717) is 18.1 Å². The number of benzene rings is 1. The van der Waals surface area contributed by atoms with E-state index in [-0.39, 0.29) is 30.0 Å². The topological polar surface area (TPSA) is 96.2 Å². The van der Waals surface area contributed by atoms with Crippen molar-refractivity contribution < 1.29 is 9.90 Å². The summed E-state index contributed by atoms with van der Waals surface area (Å²) >= 11 is 0. The molecule has 208 valence electrons. The molecule has 2 atom stereocenters. The highest BCUT2D eigenvalue weighted by atomic mass is 16.3. The van der Waals surface area contributed by atoms with Gasteiger partial charge in [-0.2, -0.15) is 4.98 Å². The van der Waals surface area contributed by atoms with Crippen molar-refractivity contribution in [2.75, 3.05) is 18.4 Å². The molecular formula is C32H38N6O2. The van der Waals surface area contributed by atoms with Crippen LogP contribution in [0.5, 0.6) is 0 Å². The molecule has 0 spiro atoms. The standard InChI is InChI=1S/C32H38N6O2/c1-20-15-25(16-21(2)34-20)31(40)37-14-13-24(18-37)29-19-38(26-9-11-27(39)12-10-26)30-28(29)17-33-32(36-30)35-22(3)23-7-5-4-6-8-23/h4-8,15-17,19,22,24,26-27,39H,9-14,18H2,1-3H3,(H,33,35,36)/t22-,24+,26?,27?/m0/s1. The number of likely N-dealkylation sites (tertiary alicyclic amines) is 1. The number of aromatic nitrogens is 4. The number of hydrogen-bond acceptors (Lipinski definition) is 6. The van der Waals surface area contributed by atoms with Crippen molar-refractivity contribution in [2.45, 2.75) is 77.0 Å². The molecule has 1 aromatic carbocycles. The third kappa shape index (κ3) is 5.32. The molecule has 1 saturated heterocycles. The molecule has 4 aromatic rings. The number of fused-ring (bicyclic) bond motifs is 1. The summed E-state index contributed by atoms with van der Waals surface area (Å²) in [5, 5.41) is 14.7. The first-order valence-corrected chi connectivity index (χ1v) is 14.5. The SMILES string of the molecule is Cc1cc(C(=O)N2CC[C@@H](c3cn(C4CCC(O)CC4)c4nc(N[C@@H](C)c5ccccc5)ncc34)C2)cc(C)n1. The Kier molecular flexibility index (Phi) is 7.27. The molecule has 3 aromatic heterocycles. The maximum Gasteiger partial charge on any atom is 0.254 e. The fourth-order valence-corrected chi connectivity index (χ4v) is 6.42. The summed E-state index contributed by atoms with van der Waals surface area (Å²) in [6, 6.07) is 14.4. The van der Waals surface area contributed by atoms with Gasteiger partial charge in [0.1, 0.15) is 5.65 Å². The van der Waals surface area contributed by atoms with Crippen LogP contribution in [0.3, 0.4) is 0 Å². The summed E-state index contributed by atoms with van der Waals surface area (Å²) in [5.74, 6) is 0.896. The number of aliphatic hydroxyl groups is 1. The Hall–Kier alpha value is -3.78. The third-order valence-corrected chi connectivity index (χ3v) is 8.55. The van der Waals surface area contributed by atoms with E-state index < -0.39 is 0 Å². The fraction of sp³-hybridized carbons (Fsp3) is 0.438. The number of amides is 1. The van der Waals surface area contributed by atoms with Crippen molar-refractivity contribution in [1.29, 1.82) is 0 Å². The van der Waals surface area contributed by atoms with Gasteiger partial charge in [-0.15, -0.1) is 0 Å². The molecule has 2 fully saturated rings. The van der Waals surface area contributed by atoms with Gasteiger partial charge in [-0.05, 0) is 76.1 Å². The number of rotatable bonds is 6. The van der Waals surface area contributed by atoms with Crippen LogP contribution < -0.4 is 5.32 Å². The molecular weight excluding hydrogens is 500 g/mol. The normalized spacial score (nSPS) is 22.0. The van der Waals surface area contributed by atoms with Crippen LogP contribution in [-0.2, 0) is 0 Å². The summed E-state index contributed by atoms with van der Waals surface area (Å²) in [4.78, 5) is 29.5. The van der Waals surface area contributed by atoms with Gasteiger partial charge in [-0.3, -0.25) is 9.78 Å². The number of pyridine rings is 1. The van der Waals surface area contributed by atoms with E-state index in [9.17, 15) is 9.90 Å². The van der Waals surface area contributed by atoms with Gasteiger partial charge in [0, 0.05) is 59.8 Å². The van der Waals surface area contributed by atoms with Crippen molar-refractivity contribution in [3.8, 4) is 0 Å². The highest BCUT2D eigenvalue weighted by Crippen LogP contribution is 2.38. The van der Waals surface area contributed by atoms with Crippen molar-refractivity contribution in [1.82, 2.24) is 24.4 Å². The largest absolute Gasteiger partial charge is 0.393 e. The van der Waals surface area contributed by atoms with Crippen LogP contribution in [0.4, 0.5) is 5.95 Å². The number of nitrogens with one attached hydrogen (secondary N) is 1. The number of nitrogens with zero attached hydrogens (tertiary/aromatic N) is 5. The average molecular weight is 539 g/mol. The summed E-state index contributed by atoms with van der Waals surface area (Å²) in [6.07, 6.45) is 8.35. The molecule has 8 heteroatoms. The molecule has 6 rings (SSSR count). The zero-order valence-corrected chi connectivity index (χ0v) is 23.5. The molecule has 1 aliphatic heterocycles. The lowest BCUT2D eigenvalue weighted by Crippen LogP contribution is -2.28. The lowest BCUT2D eigenvalue weighted by Gasteiger charge is -2.27. The second-order valence-electron chi connectivity index (χ2n) is 11.5. The fourth-order valence-electron chi connectivity index (χ4n) is 6.42. The predicted molar refractivity (Wildman–Crippen MR) is 156 cm³/mol. The highest BCUT2D eigenvalue weighted by Gasteiger charge is 2.32. The monoisotopic (exact) mass is 538 g/mol. The number of carbonyl (C=O) groups excluding carboxylic acids is 1. The molecule has 4 heterocycles. The maximum atomic E-state index is 13.4. The second kappa shape index (κ2) is 11.0. The Morgan fingerprint density at radius 1 is 1.02 bits per heavy atom. The Bertz CT molecular complexity index is 1490. The van der Waals surface area contributed by atoms with Crippen LogP contribution >= 0.6 is 0 Å². The minimum Gasteiger partial charge on any atom is -0.393 e. The van der Waals surface area contributed by atoms with Gasteiger partial charge in [0.25, 0.3) is 5.91 Å². The predicted octanol–water partition coefficient (Wildman–Crippen LogP) is 5.72. The van der Waals surface area contributed by atoms with Gasteiger partial charge in [0.05, 0.1) is 12.1 Å². The number of aryl methyl sites for hydroxylation is 2. The lowest BCUT2D eigenvalue weighted by molar-refractivity contribution is 0.0790.